The third-order valence-corrected chi connectivity index (χ3v) is 7.16. The standard InChI is InChI=1S/C23H28N2O6S/c1-16-18-13-20(30-3)21(31-4)14-19(18)25(15-17-9-6-5-7-10-17)32(27,28)22(16)23(26)24-11-8-12-29-2/h5-7,9-10,13-14H,8,11-12,15H2,1-4H3,(H,24,26). The fourth-order valence-electron chi connectivity index (χ4n) is 3.64. The van der Waals surface area contributed by atoms with Crippen LogP contribution in [0.25, 0.3) is 5.57 Å². The number of hydrogen-bond donors (Lipinski definition) is 1. The monoisotopic (exact) mass is 460 g/mol. The van der Waals surface area contributed by atoms with Crippen molar-refractivity contribution in [3.05, 3.63) is 58.5 Å². The van der Waals surface area contributed by atoms with Crippen molar-refractivity contribution in [2.75, 3.05) is 38.8 Å². The van der Waals surface area contributed by atoms with Crippen molar-refractivity contribution in [3.8, 4) is 11.5 Å². The van der Waals surface area contributed by atoms with E-state index in [2.05, 4.69) is 5.32 Å². The molecule has 9 heteroatoms. The molecule has 0 atom stereocenters. The van der Waals surface area contributed by atoms with Gasteiger partial charge in [0.15, 0.2) is 16.4 Å². The fraction of sp³-hybridized carbons (Fsp3) is 0.348. The molecule has 0 aromatic heterocycles. The van der Waals surface area contributed by atoms with E-state index >= 15 is 0 Å². The molecule has 0 saturated carbocycles. The first kappa shape index (κ1) is 23.6. The van der Waals surface area contributed by atoms with E-state index < -0.39 is 15.9 Å². The molecule has 1 amide bonds. The van der Waals surface area contributed by atoms with Gasteiger partial charge in [0.1, 0.15) is 0 Å². The summed E-state index contributed by atoms with van der Waals surface area (Å²) in [5.41, 5.74) is 2.17. The number of allylic oxidation sites excluding steroid dienone is 1. The van der Waals surface area contributed by atoms with Crippen LogP contribution in [0.15, 0.2) is 47.4 Å². The van der Waals surface area contributed by atoms with Gasteiger partial charge in [0, 0.05) is 31.9 Å². The van der Waals surface area contributed by atoms with Gasteiger partial charge < -0.3 is 19.5 Å². The molecular weight excluding hydrogens is 432 g/mol. The summed E-state index contributed by atoms with van der Waals surface area (Å²) in [6, 6.07) is 12.5. The quantitative estimate of drug-likeness (QED) is 0.579. The van der Waals surface area contributed by atoms with Crippen LogP contribution >= 0.6 is 0 Å². The Morgan fingerprint density at radius 3 is 2.31 bits per heavy atom. The van der Waals surface area contributed by atoms with E-state index in [9.17, 15) is 13.2 Å². The number of carbonyl (C=O) groups excluding carboxylic acids is 1. The summed E-state index contributed by atoms with van der Waals surface area (Å²) in [6.45, 7) is 2.47. The maximum Gasteiger partial charge on any atom is 0.270 e. The van der Waals surface area contributed by atoms with Crippen molar-refractivity contribution in [2.45, 2.75) is 19.9 Å². The smallest absolute Gasteiger partial charge is 0.270 e. The number of rotatable bonds is 9. The fourth-order valence-corrected chi connectivity index (χ4v) is 5.39. The second-order valence-corrected chi connectivity index (χ2v) is 9.08. The van der Waals surface area contributed by atoms with Gasteiger partial charge in [-0.2, -0.15) is 0 Å². The summed E-state index contributed by atoms with van der Waals surface area (Å²) in [5, 5.41) is 2.70. The van der Waals surface area contributed by atoms with Gasteiger partial charge in [0.2, 0.25) is 0 Å². The highest BCUT2D eigenvalue weighted by Crippen LogP contribution is 2.45. The molecular formula is C23H28N2O6S. The largest absolute Gasteiger partial charge is 0.493 e. The minimum atomic E-state index is -4.14. The van der Waals surface area contributed by atoms with Gasteiger partial charge in [-0.3, -0.25) is 9.10 Å². The highest BCUT2D eigenvalue weighted by molar-refractivity contribution is 7.97. The van der Waals surface area contributed by atoms with E-state index in [1.165, 1.54) is 18.5 Å². The zero-order chi connectivity index (χ0) is 23.3. The molecule has 1 aliphatic rings. The highest BCUT2D eigenvalue weighted by atomic mass is 32.2. The van der Waals surface area contributed by atoms with Gasteiger partial charge in [0.25, 0.3) is 15.9 Å². The number of nitrogens with one attached hydrogen (secondary N) is 1. The Hall–Kier alpha value is -3.04. The lowest BCUT2D eigenvalue weighted by molar-refractivity contribution is -0.116. The molecule has 1 N–H and O–H groups in total. The first-order valence-corrected chi connectivity index (χ1v) is 11.6. The van der Waals surface area contributed by atoms with E-state index in [4.69, 9.17) is 14.2 Å². The molecule has 32 heavy (non-hydrogen) atoms. The number of anilines is 1. The molecule has 8 nitrogen and oxygen atoms in total. The molecule has 0 spiro atoms. The molecule has 1 aliphatic heterocycles. The zero-order valence-corrected chi connectivity index (χ0v) is 19.5. The Morgan fingerprint density at radius 1 is 1.03 bits per heavy atom. The van der Waals surface area contributed by atoms with Crippen molar-refractivity contribution >= 4 is 27.2 Å². The number of sulfonamides is 1. The van der Waals surface area contributed by atoms with Gasteiger partial charge in [-0.1, -0.05) is 30.3 Å². The van der Waals surface area contributed by atoms with E-state index in [-0.39, 0.29) is 11.4 Å². The molecule has 0 bridgehead atoms. The molecule has 0 aliphatic carbocycles. The maximum absolute atomic E-state index is 13.7. The first-order chi connectivity index (χ1) is 15.3. The Balaban J connectivity index is 2.14. The van der Waals surface area contributed by atoms with Gasteiger partial charge >= 0.3 is 0 Å². The van der Waals surface area contributed by atoms with Crippen molar-refractivity contribution in [1.82, 2.24) is 5.32 Å². The Morgan fingerprint density at radius 2 is 1.69 bits per heavy atom. The maximum atomic E-state index is 13.7. The van der Waals surface area contributed by atoms with Crippen molar-refractivity contribution < 1.29 is 27.4 Å². The summed E-state index contributed by atoms with van der Waals surface area (Å²) in [6.07, 6.45) is 0.573. The van der Waals surface area contributed by atoms with Crippen LogP contribution in [0.3, 0.4) is 0 Å². The second kappa shape index (κ2) is 10.1. The molecule has 0 radical (unpaired) electrons. The van der Waals surface area contributed by atoms with Gasteiger partial charge in [-0.05, 0) is 30.5 Å². The van der Waals surface area contributed by atoms with E-state index in [0.29, 0.717) is 47.9 Å². The molecule has 0 saturated heterocycles. The topological polar surface area (TPSA) is 94.2 Å². The van der Waals surface area contributed by atoms with Crippen LogP contribution in [0, 0.1) is 0 Å². The lowest BCUT2D eigenvalue weighted by atomic mass is 10.0. The Bertz CT molecular complexity index is 1110. The molecule has 172 valence electrons. The number of amides is 1. The summed E-state index contributed by atoms with van der Waals surface area (Å²) in [5.74, 6) is 0.210. The van der Waals surface area contributed by atoms with E-state index in [1.54, 1.807) is 26.2 Å². The van der Waals surface area contributed by atoms with Crippen LogP contribution in [0.4, 0.5) is 5.69 Å². The molecule has 3 rings (SSSR count). The number of methoxy groups -OCH3 is 3. The highest BCUT2D eigenvalue weighted by Gasteiger charge is 2.40. The number of nitrogens with zero attached hydrogens (tertiary/aromatic N) is 1. The predicted octanol–water partition coefficient (Wildman–Crippen LogP) is 2.94. The van der Waals surface area contributed by atoms with Crippen molar-refractivity contribution in [2.24, 2.45) is 0 Å². The predicted molar refractivity (Wildman–Crippen MR) is 123 cm³/mol. The normalized spacial score (nSPS) is 14.7. The third-order valence-electron chi connectivity index (χ3n) is 5.25. The number of carbonyl (C=O) groups is 1. The first-order valence-electron chi connectivity index (χ1n) is 10.2. The molecule has 0 unspecified atom stereocenters. The molecule has 2 aromatic rings. The van der Waals surface area contributed by atoms with E-state index in [1.807, 2.05) is 30.3 Å². The number of benzene rings is 2. The lowest BCUT2D eigenvalue weighted by Gasteiger charge is -2.33. The Labute approximate surface area is 188 Å². The number of ether oxygens (including phenoxy) is 3. The van der Waals surface area contributed by atoms with Crippen LogP contribution in [0.5, 0.6) is 11.5 Å². The van der Waals surface area contributed by atoms with E-state index in [0.717, 1.165) is 5.56 Å². The average Bonchev–Trinajstić information content (AvgIpc) is 2.79. The number of fused-ring (bicyclic) bond motifs is 1. The summed E-state index contributed by atoms with van der Waals surface area (Å²) < 4.78 is 44.4. The van der Waals surface area contributed by atoms with Crippen LogP contribution in [-0.4, -0.2) is 48.8 Å². The third kappa shape index (κ3) is 4.58. The number of hydrogen-bond acceptors (Lipinski definition) is 6. The average molecular weight is 461 g/mol. The Kier molecular flexibility index (Phi) is 7.42. The second-order valence-electron chi connectivity index (χ2n) is 7.28. The van der Waals surface area contributed by atoms with Crippen LogP contribution < -0.4 is 19.1 Å². The summed E-state index contributed by atoms with van der Waals surface area (Å²) in [4.78, 5) is 12.7. The minimum absolute atomic E-state index is 0.0688. The summed E-state index contributed by atoms with van der Waals surface area (Å²) >= 11 is 0. The zero-order valence-electron chi connectivity index (χ0n) is 18.7. The van der Waals surface area contributed by atoms with Gasteiger partial charge in [-0.25, -0.2) is 8.42 Å². The SMILES string of the molecule is COCCCNC(=O)C1=C(C)c2cc(OC)c(OC)cc2N(Cc2ccccc2)S1(=O)=O. The minimum Gasteiger partial charge on any atom is -0.493 e. The molecule has 2 aromatic carbocycles. The van der Waals surface area contributed by atoms with Crippen molar-refractivity contribution in [3.63, 3.8) is 0 Å². The van der Waals surface area contributed by atoms with Crippen LogP contribution in [-0.2, 0) is 26.1 Å². The lowest BCUT2D eigenvalue weighted by Crippen LogP contribution is -2.41. The molecule has 0 fully saturated rings. The van der Waals surface area contributed by atoms with Crippen LogP contribution in [0.1, 0.15) is 24.5 Å². The van der Waals surface area contributed by atoms with Gasteiger partial charge in [0.05, 0.1) is 26.5 Å². The summed E-state index contributed by atoms with van der Waals surface area (Å²) in [7, 11) is 0.430. The molecule has 1 heterocycles. The van der Waals surface area contributed by atoms with Gasteiger partial charge in [-0.15, -0.1) is 0 Å². The van der Waals surface area contributed by atoms with Crippen molar-refractivity contribution in [1.29, 1.82) is 0 Å². The van der Waals surface area contributed by atoms with Crippen LogP contribution in [0.2, 0.25) is 0 Å².